The van der Waals surface area contributed by atoms with E-state index in [1.807, 2.05) is 19.9 Å². The fourth-order valence-corrected chi connectivity index (χ4v) is 2.14. The lowest BCUT2D eigenvalue weighted by Gasteiger charge is -1.98. The van der Waals surface area contributed by atoms with Crippen LogP contribution in [-0.4, -0.2) is 19.0 Å². The van der Waals surface area contributed by atoms with Crippen LogP contribution in [0.25, 0.3) is 0 Å². The summed E-state index contributed by atoms with van der Waals surface area (Å²) < 4.78 is 0. The van der Waals surface area contributed by atoms with Gasteiger partial charge in [0.2, 0.25) is 0 Å². The van der Waals surface area contributed by atoms with E-state index in [4.69, 9.17) is 5.73 Å². The van der Waals surface area contributed by atoms with Crippen LogP contribution in [-0.2, 0) is 0 Å². The highest BCUT2D eigenvalue weighted by atomic mass is 32.1. The van der Waals surface area contributed by atoms with E-state index < -0.39 is 0 Å². The van der Waals surface area contributed by atoms with Crippen LogP contribution in [0.5, 0.6) is 0 Å². The quantitative estimate of drug-likeness (QED) is 0.782. The summed E-state index contributed by atoms with van der Waals surface area (Å²) in [4.78, 5) is 13.3. The minimum atomic E-state index is -0.0178. The lowest BCUT2D eigenvalue weighted by Crippen LogP contribution is -2.22. The van der Waals surface area contributed by atoms with Gasteiger partial charge in [-0.3, -0.25) is 4.79 Å². The van der Waals surface area contributed by atoms with Crippen LogP contribution in [0.15, 0.2) is 6.07 Å². The van der Waals surface area contributed by atoms with Crippen molar-refractivity contribution < 1.29 is 4.79 Å². The summed E-state index contributed by atoms with van der Waals surface area (Å²) in [6.45, 7) is 5.03. The molecule has 0 atom stereocenters. The van der Waals surface area contributed by atoms with E-state index in [0.717, 1.165) is 16.9 Å². The molecule has 86 valence electrons. The number of carbonyl (C=O) groups is 1. The Hall–Kier alpha value is -1.31. The molecule has 1 rings (SSSR count). The molecule has 0 aliphatic carbocycles. The SMILES string of the molecule is CCCNC(=O)c1cc(C)c(C#CCN)s1. The second-order valence-electron chi connectivity index (χ2n) is 3.38. The maximum Gasteiger partial charge on any atom is 0.261 e. The van der Waals surface area contributed by atoms with Crippen molar-refractivity contribution in [1.29, 1.82) is 0 Å². The number of carbonyl (C=O) groups excluding carboxylic acids is 1. The van der Waals surface area contributed by atoms with Crippen LogP contribution in [0.4, 0.5) is 0 Å². The number of hydrogen-bond donors (Lipinski definition) is 2. The van der Waals surface area contributed by atoms with Gasteiger partial charge in [-0.15, -0.1) is 11.3 Å². The molecule has 4 heteroatoms. The molecule has 0 saturated heterocycles. The van der Waals surface area contributed by atoms with Gasteiger partial charge < -0.3 is 11.1 Å². The Balaban J connectivity index is 2.79. The van der Waals surface area contributed by atoms with Gasteiger partial charge in [0.05, 0.1) is 16.3 Å². The molecule has 3 N–H and O–H groups in total. The molecule has 0 unspecified atom stereocenters. The Labute approximate surface area is 100 Å². The van der Waals surface area contributed by atoms with Crippen LogP contribution in [0.3, 0.4) is 0 Å². The molecule has 1 amide bonds. The zero-order valence-electron chi connectivity index (χ0n) is 9.59. The second-order valence-corrected chi connectivity index (χ2v) is 4.44. The lowest BCUT2D eigenvalue weighted by molar-refractivity contribution is 0.0957. The number of nitrogens with two attached hydrogens (primary N) is 1. The van der Waals surface area contributed by atoms with Gasteiger partial charge in [0.1, 0.15) is 0 Å². The topological polar surface area (TPSA) is 55.1 Å². The van der Waals surface area contributed by atoms with Gasteiger partial charge in [-0.25, -0.2) is 0 Å². The van der Waals surface area contributed by atoms with Crippen molar-refractivity contribution >= 4 is 17.2 Å². The highest BCUT2D eigenvalue weighted by molar-refractivity contribution is 7.14. The number of aryl methyl sites for hydroxylation is 1. The number of nitrogens with one attached hydrogen (secondary N) is 1. The Morgan fingerprint density at radius 2 is 2.38 bits per heavy atom. The Morgan fingerprint density at radius 3 is 3.00 bits per heavy atom. The van der Waals surface area contributed by atoms with E-state index >= 15 is 0 Å². The third-order valence-electron chi connectivity index (χ3n) is 1.98. The third-order valence-corrected chi connectivity index (χ3v) is 3.13. The van der Waals surface area contributed by atoms with Gasteiger partial charge in [-0.1, -0.05) is 18.8 Å². The summed E-state index contributed by atoms with van der Waals surface area (Å²) in [7, 11) is 0. The molecule has 0 fully saturated rings. The van der Waals surface area contributed by atoms with Gasteiger partial charge in [-0.2, -0.15) is 0 Å². The normalized spacial score (nSPS) is 9.44. The molecule has 1 aromatic heterocycles. The van der Waals surface area contributed by atoms with E-state index in [1.165, 1.54) is 11.3 Å². The predicted octanol–water partition coefficient (Wildman–Crippen LogP) is 1.51. The minimum Gasteiger partial charge on any atom is -0.351 e. The molecule has 1 heterocycles. The molecular formula is C12H16N2OS. The third kappa shape index (κ3) is 3.37. The van der Waals surface area contributed by atoms with Gasteiger partial charge in [0.15, 0.2) is 0 Å². The standard InChI is InChI=1S/C12H16N2OS/c1-3-7-14-12(15)11-8-9(2)10(16-11)5-4-6-13/h8H,3,6-7,13H2,1-2H3,(H,14,15). The van der Waals surface area contributed by atoms with Crippen molar-refractivity contribution in [1.82, 2.24) is 5.32 Å². The van der Waals surface area contributed by atoms with Crippen LogP contribution >= 0.6 is 11.3 Å². The number of hydrogen-bond acceptors (Lipinski definition) is 3. The Bertz CT molecular complexity index is 426. The van der Waals surface area contributed by atoms with E-state index in [-0.39, 0.29) is 5.91 Å². The first kappa shape index (κ1) is 12.8. The Kier molecular flexibility index (Phi) is 5.03. The van der Waals surface area contributed by atoms with Crippen LogP contribution < -0.4 is 11.1 Å². The summed E-state index contributed by atoms with van der Waals surface area (Å²) in [5.41, 5.74) is 6.35. The first-order valence-corrected chi connectivity index (χ1v) is 6.08. The molecule has 0 radical (unpaired) electrons. The highest BCUT2D eigenvalue weighted by Crippen LogP contribution is 2.20. The van der Waals surface area contributed by atoms with E-state index in [9.17, 15) is 4.79 Å². The van der Waals surface area contributed by atoms with Crippen molar-refractivity contribution in [3.63, 3.8) is 0 Å². The maximum atomic E-state index is 11.7. The van der Waals surface area contributed by atoms with Crippen molar-refractivity contribution in [2.75, 3.05) is 13.1 Å². The molecule has 0 aromatic carbocycles. The van der Waals surface area contributed by atoms with Crippen molar-refractivity contribution in [2.45, 2.75) is 20.3 Å². The zero-order chi connectivity index (χ0) is 12.0. The average Bonchev–Trinajstić information content (AvgIpc) is 2.65. The van der Waals surface area contributed by atoms with Crippen molar-refractivity contribution in [3.8, 4) is 11.8 Å². The fraction of sp³-hybridized carbons (Fsp3) is 0.417. The van der Waals surface area contributed by atoms with Crippen LogP contribution in [0.1, 0.15) is 33.5 Å². The second kappa shape index (κ2) is 6.31. The summed E-state index contributed by atoms with van der Waals surface area (Å²) in [6.07, 6.45) is 0.940. The molecule has 0 aliphatic rings. The average molecular weight is 236 g/mol. The maximum absolute atomic E-state index is 11.7. The molecule has 0 saturated carbocycles. The number of amides is 1. The molecule has 16 heavy (non-hydrogen) atoms. The molecular weight excluding hydrogens is 220 g/mol. The van der Waals surface area contributed by atoms with E-state index in [0.29, 0.717) is 18.0 Å². The van der Waals surface area contributed by atoms with Gasteiger partial charge in [0.25, 0.3) is 5.91 Å². The number of thiophene rings is 1. The lowest BCUT2D eigenvalue weighted by atomic mass is 10.2. The fourth-order valence-electron chi connectivity index (χ4n) is 1.18. The minimum absolute atomic E-state index is 0.0178. The smallest absolute Gasteiger partial charge is 0.261 e. The van der Waals surface area contributed by atoms with Crippen LogP contribution in [0.2, 0.25) is 0 Å². The monoisotopic (exact) mass is 236 g/mol. The van der Waals surface area contributed by atoms with Crippen molar-refractivity contribution in [3.05, 3.63) is 21.4 Å². The van der Waals surface area contributed by atoms with Gasteiger partial charge >= 0.3 is 0 Å². The summed E-state index contributed by atoms with van der Waals surface area (Å²) in [5.74, 6) is 5.75. The molecule has 1 aromatic rings. The summed E-state index contributed by atoms with van der Waals surface area (Å²) >= 11 is 1.42. The molecule has 0 bridgehead atoms. The molecule has 0 aliphatic heterocycles. The van der Waals surface area contributed by atoms with Gasteiger partial charge in [0, 0.05) is 6.54 Å². The van der Waals surface area contributed by atoms with Crippen molar-refractivity contribution in [2.24, 2.45) is 5.73 Å². The molecule has 3 nitrogen and oxygen atoms in total. The van der Waals surface area contributed by atoms with E-state index in [1.54, 1.807) is 0 Å². The van der Waals surface area contributed by atoms with Crippen LogP contribution in [0, 0.1) is 18.8 Å². The first-order chi connectivity index (χ1) is 7.69. The summed E-state index contributed by atoms with van der Waals surface area (Å²) in [5, 5.41) is 2.84. The van der Waals surface area contributed by atoms with Gasteiger partial charge in [-0.05, 0) is 25.0 Å². The van der Waals surface area contributed by atoms with E-state index in [2.05, 4.69) is 17.2 Å². The number of rotatable bonds is 3. The largest absolute Gasteiger partial charge is 0.351 e. The highest BCUT2D eigenvalue weighted by Gasteiger charge is 2.10. The zero-order valence-corrected chi connectivity index (χ0v) is 10.4. The summed E-state index contributed by atoms with van der Waals surface area (Å²) in [6, 6.07) is 1.87. The molecule has 0 spiro atoms. The Morgan fingerprint density at radius 1 is 1.62 bits per heavy atom. The predicted molar refractivity (Wildman–Crippen MR) is 67.6 cm³/mol. The first-order valence-electron chi connectivity index (χ1n) is 5.26.